The van der Waals surface area contributed by atoms with E-state index < -0.39 is 5.92 Å². The second-order valence-corrected chi connectivity index (χ2v) is 5.22. The van der Waals surface area contributed by atoms with Gasteiger partial charge in [0.25, 0.3) is 0 Å². The molecule has 0 aromatic carbocycles. The van der Waals surface area contributed by atoms with Crippen LogP contribution in [0.4, 0.5) is 8.78 Å². The molecule has 98 valence electrons. The summed E-state index contributed by atoms with van der Waals surface area (Å²) in [6, 6.07) is 0.179. The number of amides is 1. The number of halogens is 2. The highest BCUT2D eigenvalue weighted by molar-refractivity contribution is 5.79. The van der Waals surface area contributed by atoms with Crippen LogP contribution in [0.2, 0.25) is 0 Å². The fraction of sp³-hybridized carbons (Fsp3) is 0.917. The van der Waals surface area contributed by atoms with Gasteiger partial charge in [0, 0.05) is 44.4 Å². The van der Waals surface area contributed by atoms with Gasteiger partial charge in [-0.25, -0.2) is 8.78 Å². The lowest BCUT2D eigenvalue weighted by Gasteiger charge is -2.38. The number of hydrogen-bond donors (Lipinski definition) is 1. The Morgan fingerprint density at radius 2 is 2.00 bits per heavy atom. The van der Waals surface area contributed by atoms with Gasteiger partial charge < -0.3 is 10.2 Å². The molecule has 2 rings (SSSR count). The van der Waals surface area contributed by atoms with Gasteiger partial charge in [-0.15, -0.1) is 0 Å². The second kappa shape index (κ2) is 4.88. The van der Waals surface area contributed by atoms with Crippen LogP contribution in [0.1, 0.15) is 32.6 Å². The fourth-order valence-corrected chi connectivity index (χ4v) is 2.69. The Balaban J connectivity index is 1.92. The molecule has 0 aromatic heterocycles. The minimum absolute atomic E-state index is 0.0782. The van der Waals surface area contributed by atoms with E-state index >= 15 is 0 Å². The summed E-state index contributed by atoms with van der Waals surface area (Å²) >= 11 is 0. The molecule has 0 radical (unpaired) electrons. The van der Waals surface area contributed by atoms with Gasteiger partial charge in [0.1, 0.15) is 0 Å². The number of carbonyl (C=O) groups excluding carboxylic acids is 1. The summed E-state index contributed by atoms with van der Waals surface area (Å²) in [5.74, 6) is -2.66. The topological polar surface area (TPSA) is 32.3 Å². The van der Waals surface area contributed by atoms with Gasteiger partial charge in [0.15, 0.2) is 0 Å². The third kappa shape index (κ3) is 2.94. The van der Waals surface area contributed by atoms with Crippen molar-refractivity contribution < 1.29 is 13.6 Å². The third-order valence-corrected chi connectivity index (χ3v) is 3.85. The van der Waals surface area contributed by atoms with Crippen molar-refractivity contribution >= 4 is 5.91 Å². The number of hydrogen-bond acceptors (Lipinski definition) is 2. The molecule has 1 aliphatic carbocycles. The first-order valence-corrected chi connectivity index (χ1v) is 6.39. The summed E-state index contributed by atoms with van der Waals surface area (Å²) in [7, 11) is 0. The number of carbonyl (C=O) groups is 1. The molecular weight excluding hydrogens is 226 g/mol. The van der Waals surface area contributed by atoms with Crippen LogP contribution in [-0.4, -0.2) is 42.4 Å². The van der Waals surface area contributed by atoms with Crippen LogP contribution in [0.15, 0.2) is 0 Å². The molecule has 17 heavy (non-hydrogen) atoms. The van der Waals surface area contributed by atoms with E-state index in [2.05, 4.69) is 5.32 Å². The summed E-state index contributed by atoms with van der Waals surface area (Å²) in [5.41, 5.74) is 0. The molecule has 1 saturated heterocycles. The maximum Gasteiger partial charge on any atom is 0.248 e. The number of piperazine rings is 1. The average Bonchev–Trinajstić information content (AvgIpc) is 2.29. The molecular formula is C12H20F2N2O. The number of nitrogens with zero attached hydrogens (tertiary/aromatic N) is 1. The van der Waals surface area contributed by atoms with Crippen molar-refractivity contribution in [2.45, 2.75) is 44.6 Å². The average molecular weight is 246 g/mol. The third-order valence-electron chi connectivity index (χ3n) is 3.85. The van der Waals surface area contributed by atoms with E-state index in [-0.39, 0.29) is 30.7 Å². The van der Waals surface area contributed by atoms with Crippen molar-refractivity contribution in [3.05, 3.63) is 0 Å². The summed E-state index contributed by atoms with van der Waals surface area (Å²) < 4.78 is 26.1. The van der Waals surface area contributed by atoms with Gasteiger partial charge in [0.2, 0.25) is 11.8 Å². The lowest BCUT2D eigenvalue weighted by molar-refractivity contribution is -0.142. The van der Waals surface area contributed by atoms with Crippen LogP contribution < -0.4 is 5.32 Å². The molecule has 3 nitrogen and oxygen atoms in total. The zero-order valence-electron chi connectivity index (χ0n) is 10.2. The van der Waals surface area contributed by atoms with Crippen molar-refractivity contribution in [1.82, 2.24) is 10.2 Å². The molecule has 0 unspecified atom stereocenters. The predicted molar refractivity (Wildman–Crippen MR) is 60.9 cm³/mol. The minimum Gasteiger partial charge on any atom is -0.337 e. The lowest BCUT2D eigenvalue weighted by Crippen LogP contribution is -2.54. The summed E-state index contributed by atoms with van der Waals surface area (Å²) in [4.78, 5) is 14.1. The molecule has 0 spiro atoms. The maximum absolute atomic E-state index is 13.0. The van der Waals surface area contributed by atoms with Crippen molar-refractivity contribution in [1.29, 1.82) is 0 Å². The van der Waals surface area contributed by atoms with Gasteiger partial charge in [-0.05, 0) is 19.8 Å². The number of rotatable bonds is 1. The van der Waals surface area contributed by atoms with Crippen molar-refractivity contribution in [3.63, 3.8) is 0 Å². The van der Waals surface area contributed by atoms with Gasteiger partial charge in [-0.2, -0.15) is 0 Å². The quantitative estimate of drug-likeness (QED) is 0.762. The van der Waals surface area contributed by atoms with Gasteiger partial charge in [-0.1, -0.05) is 0 Å². The molecule has 1 aliphatic heterocycles. The van der Waals surface area contributed by atoms with Crippen molar-refractivity contribution in [2.24, 2.45) is 5.92 Å². The highest BCUT2D eigenvalue weighted by Gasteiger charge is 2.39. The van der Waals surface area contributed by atoms with E-state index in [9.17, 15) is 13.6 Å². The van der Waals surface area contributed by atoms with Crippen molar-refractivity contribution in [3.8, 4) is 0 Å². The molecule has 2 aliphatic rings. The Kier molecular flexibility index (Phi) is 3.66. The standard InChI is InChI=1S/C12H20F2N2O/c1-9-8-15-6-7-16(9)11(17)10-2-4-12(13,14)5-3-10/h9-10,15H,2-8H2,1H3/t9-/m0/s1. The molecule has 1 N–H and O–H groups in total. The highest BCUT2D eigenvalue weighted by Crippen LogP contribution is 2.37. The molecule has 2 fully saturated rings. The summed E-state index contributed by atoms with van der Waals surface area (Å²) in [5, 5.41) is 3.22. The zero-order chi connectivity index (χ0) is 12.5. The molecule has 1 atom stereocenters. The normalized spacial score (nSPS) is 30.3. The minimum atomic E-state index is -2.55. The SMILES string of the molecule is C[C@H]1CNCCN1C(=O)C1CCC(F)(F)CC1. The molecule has 1 saturated carbocycles. The molecule has 5 heteroatoms. The molecule has 1 amide bonds. The van der Waals surface area contributed by atoms with Gasteiger partial charge >= 0.3 is 0 Å². The van der Waals surface area contributed by atoms with Crippen LogP contribution in [0.3, 0.4) is 0 Å². The molecule has 1 heterocycles. The zero-order valence-corrected chi connectivity index (χ0v) is 10.2. The number of nitrogens with one attached hydrogen (secondary N) is 1. The van der Waals surface area contributed by atoms with E-state index in [1.807, 2.05) is 11.8 Å². The molecule has 0 aromatic rings. The van der Waals surface area contributed by atoms with E-state index in [1.165, 1.54) is 0 Å². The maximum atomic E-state index is 13.0. The first-order valence-electron chi connectivity index (χ1n) is 6.39. The van der Waals surface area contributed by atoms with Crippen molar-refractivity contribution in [2.75, 3.05) is 19.6 Å². The second-order valence-electron chi connectivity index (χ2n) is 5.22. The Hall–Kier alpha value is -0.710. The van der Waals surface area contributed by atoms with Crippen LogP contribution in [0.25, 0.3) is 0 Å². The molecule has 0 bridgehead atoms. The van der Waals surface area contributed by atoms with Crippen LogP contribution >= 0.6 is 0 Å². The lowest BCUT2D eigenvalue weighted by atomic mass is 9.85. The first kappa shape index (κ1) is 12.7. The summed E-state index contributed by atoms with van der Waals surface area (Å²) in [6.45, 7) is 4.31. The summed E-state index contributed by atoms with van der Waals surface area (Å²) in [6.07, 6.45) is 0.402. The van der Waals surface area contributed by atoms with Gasteiger partial charge in [0.05, 0.1) is 0 Å². The largest absolute Gasteiger partial charge is 0.337 e. The number of alkyl halides is 2. The Morgan fingerprint density at radius 1 is 1.35 bits per heavy atom. The predicted octanol–water partition coefficient (Wildman–Crippen LogP) is 1.63. The Morgan fingerprint density at radius 3 is 2.59 bits per heavy atom. The van der Waals surface area contributed by atoms with Gasteiger partial charge in [-0.3, -0.25) is 4.79 Å². The van der Waals surface area contributed by atoms with Crippen LogP contribution in [0, 0.1) is 5.92 Å². The van der Waals surface area contributed by atoms with E-state index in [4.69, 9.17) is 0 Å². The van der Waals surface area contributed by atoms with E-state index in [0.29, 0.717) is 19.4 Å². The van der Waals surface area contributed by atoms with Crippen LogP contribution in [-0.2, 0) is 4.79 Å². The first-order chi connectivity index (χ1) is 7.99. The Bertz CT molecular complexity index is 286. The monoisotopic (exact) mass is 246 g/mol. The fourth-order valence-electron chi connectivity index (χ4n) is 2.69. The van der Waals surface area contributed by atoms with E-state index in [0.717, 1.165) is 13.1 Å². The van der Waals surface area contributed by atoms with Crippen LogP contribution in [0.5, 0.6) is 0 Å². The van der Waals surface area contributed by atoms with E-state index in [1.54, 1.807) is 0 Å². The smallest absolute Gasteiger partial charge is 0.248 e. The Labute approximate surface area is 101 Å². The highest BCUT2D eigenvalue weighted by atomic mass is 19.3.